The van der Waals surface area contributed by atoms with Crippen molar-refractivity contribution in [1.82, 2.24) is 10.2 Å². The highest BCUT2D eigenvalue weighted by Crippen LogP contribution is 2.30. The Balaban J connectivity index is 2.21. The summed E-state index contributed by atoms with van der Waals surface area (Å²) in [5.41, 5.74) is 4.04. The van der Waals surface area contributed by atoms with Gasteiger partial charge in [-0.2, -0.15) is 0 Å². The van der Waals surface area contributed by atoms with E-state index in [4.69, 9.17) is 4.74 Å². The van der Waals surface area contributed by atoms with Gasteiger partial charge in [0.25, 0.3) is 0 Å². The molecule has 19 heavy (non-hydrogen) atoms. The standard InChI is InChI=1S/C16H26N2O/c1-11(2)15-7-13(12(3)6-16(15)19-5)10-18(4)14-8-17-9-14/h6-7,11,14,17H,8-10H2,1-5H3. The van der Waals surface area contributed by atoms with Gasteiger partial charge in [-0.25, -0.2) is 0 Å². The Labute approximate surface area is 116 Å². The van der Waals surface area contributed by atoms with E-state index in [1.165, 1.54) is 16.7 Å². The van der Waals surface area contributed by atoms with E-state index >= 15 is 0 Å². The number of benzene rings is 1. The summed E-state index contributed by atoms with van der Waals surface area (Å²) in [6.07, 6.45) is 0. The number of aryl methyl sites for hydroxylation is 1. The minimum absolute atomic E-state index is 0.491. The fraction of sp³-hybridized carbons (Fsp3) is 0.625. The normalized spacial score (nSPS) is 15.9. The van der Waals surface area contributed by atoms with Gasteiger partial charge in [-0.1, -0.05) is 19.9 Å². The quantitative estimate of drug-likeness (QED) is 0.882. The summed E-state index contributed by atoms with van der Waals surface area (Å²) in [5, 5.41) is 3.33. The summed E-state index contributed by atoms with van der Waals surface area (Å²) in [5.74, 6) is 1.51. The van der Waals surface area contributed by atoms with E-state index in [9.17, 15) is 0 Å². The Bertz CT molecular complexity index is 439. The van der Waals surface area contributed by atoms with Gasteiger partial charge in [-0.3, -0.25) is 4.90 Å². The van der Waals surface area contributed by atoms with Gasteiger partial charge in [-0.15, -0.1) is 0 Å². The highest BCUT2D eigenvalue weighted by atomic mass is 16.5. The monoisotopic (exact) mass is 262 g/mol. The zero-order valence-corrected chi connectivity index (χ0v) is 12.8. The molecule has 0 saturated carbocycles. The predicted molar refractivity (Wildman–Crippen MR) is 79.9 cm³/mol. The van der Waals surface area contributed by atoms with Crippen LogP contribution in [-0.4, -0.2) is 38.2 Å². The van der Waals surface area contributed by atoms with Crippen LogP contribution in [0.2, 0.25) is 0 Å². The molecule has 0 spiro atoms. The number of rotatable bonds is 5. The van der Waals surface area contributed by atoms with Crippen LogP contribution in [0.5, 0.6) is 5.75 Å². The van der Waals surface area contributed by atoms with Crippen molar-refractivity contribution >= 4 is 0 Å². The molecule has 0 unspecified atom stereocenters. The van der Waals surface area contributed by atoms with Gasteiger partial charge in [0.2, 0.25) is 0 Å². The molecule has 0 radical (unpaired) electrons. The zero-order chi connectivity index (χ0) is 14.0. The van der Waals surface area contributed by atoms with Crippen molar-refractivity contribution in [1.29, 1.82) is 0 Å². The van der Waals surface area contributed by atoms with Gasteiger partial charge in [0.1, 0.15) is 5.75 Å². The second-order valence-corrected chi connectivity index (χ2v) is 5.90. The van der Waals surface area contributed by atoms with E-state index in [2.05, 4.69) is 50.2 Å². The molecular formula is C16H26N2O. The Morgan fingerprint density at radius 1 is 1.37 bits per heavy atom. The van der Waals surface area contributed by atoms with Crippen molar-refractivity contribution in [2.45, 2.75) is 39.3 Å². The van der Waals surface area contributed by atoms with Crippen molar-refractivity contribution in [3.63, 3.8) is 0 Å². The zero-order valence-electron chi connectivity index (χ0n) is 12.8. The minimum Gasteiger partial charge on any atom is -0.496 e. The molecule has 1 fully saturated rings. The Morgan fingerprint density at radius 2 is 2.05 bits per heavy atom. The van der Waals surface area contributed by atoms with E-state index in [1.54, 1.807) is 7.11 Å². The first-order chi connectivity index (χ1) is 9.02. The highest BCUT2D eigenvalue weighted by Gasteiger charge is 2.22. The molecule has 0 bridgehead atoms. The first-order valence-electron chi connectivity index (χ1n) is 7.11. The third kappa shape index (κ3) is 3.10. The van der Waals surface area contributed by atoms with Crippen LogP contribution < -0.4 is 10.1 Å². The van der Waals surface area contributed by atoms with Crippen LogP contribution in [0.15, 0.2) is 12.1 Å². The molecule has 0 aliphatic carbocycles. The third-order valence-electron chi connectivity index (χ3n) is 4.11. The van der Waals surface area contributed by atoms with Gasteiger partial charge in [0.15, 0.2) is 0 Å². The fourth-order valence-electron chi connectivity index (χ4n) is 2.53. The summed E-state index contributed by atoms with van der Waals surface area (Å²) >= 11 is 0. The number of likely N-dealkylation sites (N-methyl/N-ethyl adjacent to an activating group) is 1. The van der Waals surface area contributed by atoms with Gasteiger partial charge >= 0.3 is 0 Å². The van der Waals surface area contributed by atoms with Gasteiger partial charge < -0.3 is 10.1 Å². The minimum atomic E-state index is 0.491. The Hall–Kier alpha value is -1.06. The molecular weight excluding hydrogens is 236 g/mol. The van der Waals surface area contributed by atoms with Crippen molar-refractivity contribution < 1.29 is 4.74 Å². The number of nitrogens with zero attached hydrogens (tertiary/aromatic N) is 1. The van der Waals surface area contributed by atoms with E-state index in [0.717, 1.165) is 25.4 Å². The average Bonchev–Trinajstić information content (AvgIpc) is 2.28. The maximum Gasteiger partial charge on any atom is 0.122 e. The summed E-state index contributed by atoms with van der Waals surface area (Å²) in [6, 6.07) is 5.18. The molecule has 1 aliphatic heterocycles. The van der Waals surface area contributed by atoms with Crippen LogP contribution in [-0.2, 0) is 6.54 Å². The van der Waals surface area contributed by atoms with Crippen molar-refractivity contribution in [2.75, 3.05) is 27.2 Å². The number of hydrogen-bond donors (Lipinski definition) is 1. The van der Waals surface area contributed by atoms with Gasteiger partial charge in [0.05, 0.1) is 7.11 Å². The largest absolute Gasteiger partial charge is 0.496 e. The SMILES string of the molecule is COc1cc(C)c(CN(C)C2CNC2)cc1C(C)C. The summed E-state index contributed by atoms with van der Waals surface area (Å²) in [6.45, 7) is 9.86. The Kier molecular flexibility index (Phi) is 4.48. The first kappa shape index (κ1) is 14.4. The lowest BCUT2D eigenvalue weighted by Crippen LogP contribution is -2.55. The smallest absolute Gasteiger partial charge is 0.122 e. The summed E-state index contributed by atoms with van der Waals surface area (Å²) in [7, 11) is 3.97. The molecule has 0 atom stereocenters. The van der Waals surface area contributed by atoms with E-state index in [1.807, 2.05) is 0 Å². The van der Waals surface area contributed by atoms with Crippen LogP contribution in [0.1, 0.15) is 36.5 Å². The van der Waals surface area contributed by atoms with Crippen molar-refractivity contribution in [2.24, 2.45) is 0 Å². The predicted octanol–water partition coefficient (Wildman–Crippen LogP) is 2.53. The van der Waals surface area contributed by atoms with Crippen LogP contribution in [0, 0.1) is 6.92 Å². The molecule has 1 aromatic carbocycles. The maximum atomic E-state index is 5.50. The van der Waals surface area contributed by atoms with Crippen molar-refractivity contribution in [3.05, 3.63) is 28.8 Å². The lowest BCUT2D eigenvalue weighted by atomic mass is 9.96. The first-order valence-corrected chi connectivity index (χ1v) is 7.11. The molecule has 3 heteroatoms. The molecule has 2 rings (SSSR count). The molecule has 1 saturated heterocycles. The van der Waals surface area contributed by atoms with Gasteiger partial charge in [-0.05, 0) is 42.6 Å². The summed E-state index contributed by atoms with van der Waals surface area (Å²) in [4.78, 5) is 2.44. The Morgan fingerprint density at radius 3 is 2.53 bits per heavy atom. The highest BCUT2D eigenvalue weighted by molar-refractivity contribution is 5.43. The fourth-order valence-corrected chi connectivity index (χ4v) is 2.53. The van der Waals surface area contributed by atoms with Crippen LogP contribution >= 0.6 is 0 Å². The van der Waals surface area contributed by atoms with Crippen molar-refractivity contribution in [3.8, 4) is 5.75 Å². The molecule has 0 aromatic heterocycles. The van der Waals surface area contributed by atoms with Gasteiger partial charge in [0, 0.05) is 25.7 Å². The van der Waals surface area contributed by atoms with E-state index < -0.39 is 0 Å². The van der Waals surface area contributed by atoms with E-state index in [-0.39, 0.29) is 0 Å². The molecule has 1 aliphatic rings. The number of ether oxygens (including phenoxy) is 1. The third-order valence-corrected chi connectivity index (χ3v) is 4.11. The molecule has 3 nitrogen and oxygen atoms in total. The van der Waals surface area contributed by atoms with E-state index in [0.29, 0.717) is 12.0 Å². The number of methoxy groups -OCH3 is 1. The topological polar surface area (TPSA) is 24.5 Å². The number of hydrogen-bond acceptors (Lipinski definition) is 3. The lowest BCUT2D eigenvalue weighted by Gasteiger charge is -2.36. The molecule has 1 aromatic rings. The van der Waals surface area contributed by atoms with Crippen LogP contribution in [0.3, 0.4) is 0 Å². The van der Waals surface area contributed by atoms with Crippen LogP contribution in [0.4, 0.5) is 0 Å². The second kappa shape index (κ2) is 5.93. The summed E-state index contributed by atoms with van der Waals surface area (Å²) < 4.78 is 5.50. The van der Waals surface area contributed by atoms with Crippen LogP contribution in [0.25, 0.3) is 0 Å². The molecule has 106 valence electrons. The second-order valence-electron chi connectivity index (χ2n) is 5.90. The molecule has 0 amide bonds. The lowest BCUT2D eigenvalue weighted by molar-refractivity contribution is 0.173. The number of nitrogens with one attached hydrogen (secondary N) is 1. The molecule has 1 N–H and O–H groups in total. The molecule has 1 heterocycles. The average molecular weight is 262 g/mol. The maximum absolute atomic E-state index is 5.50.